The Kier molecular flexibility index (Phi) is 7.52. The molecule has 0 amide bonds. The van der Waals surface area contributed by atoms with Crippen LogP contribution in [0.1, 0.15) is 24.0 Å². The van der Waals surface area contributed by atoms with Gasteiger partial charge in [0.15, 0.2) is 0 Å². The summed E-state index contributed by atoms with van der Waals surface area (Å²) >= 11 is 0. The van der Waals surface area contributed by atoms with E-state index in [1.165, 1.54) is 24.3 Å². The van der Waals surface area contributed by atoms with Crippen LogP contribution in [-0.4, -0.2) is 47.7 Å². The van der Waals surface area contributed by atoms with Gasteiger partial charge in [-0.2, -0.15) is 0 Å². The quantitative estimate of drug-likeness (QED) is 0.643. The number of rotatable bonds is 6. The number of benzene rings is 2. The zero-order valence-electron chi connectivity index (χ0n) is 16.4. The second-order valence-corrected chi connectivity index (χ2v) is 7.69. The Morgan fingerprint density at radius 1 is 0.833 bits per heavy atom. The van der Waals surface area contributed by atoms with E-state index in [1.807, 2.05) is 0 Å². The predicted octanol–water partition coefficient (Wildman–Crippen LogP) is 2.79. The first-order valence-corrected chi connectivity index (χ1v) is 9.96. The maximum Gasteiger partial charge on any atom is 0.126 e. The maximum absolute atomic E-state index is 13.3. The number of hydrogen-bond acceptors (Lipinski definition) is 5. The minimum Gasteiger partial charge on any atom is -0.487 e. The number of ether oxygens (including phenoxy) is 2. The molecule has 30 heavy (non-hydrogen) atoms. The number of aryl methyl sites for hydroxylation is 2. The molecule has 2 aromatic carbocycles. The van der Waals surface area contributed by atoms with Crippen molar-refractivity contribution in [2.45, 2.75) is 50.1 Å². The number of hydrogen-bond donors (Lipinski definition) is 3. The van der Waals surface area contributed by atoms with Crippen LogP contribution >= 0.6 is 12.4 Å². The fraction of sp³-hybridized carbons (Fsp3) is 0.455. The lowest BCUT2D eigenvalue weighted by Crippen LogP contribution is -2.46. The Balaban J connectivity index is 0.00000256. The average Bonchev–Trinajstić information content (AvgIpc) is 2.72. The molecule has 4 rings (SSSR count). The molecule has 2 heterocycles. The first kappa shape index (κ1) is 22.7. The second-order valence-electron chi connectivity index (χ2n) is 7.69. The van der Waals surface area contributed by atoms with Gasteiger partial charge in [-0.1, -0.05) is 0 Å². The molecule has 0 aliphatic carbocycles. The number of nitrogens with one attached hydrogen (secondary N) is 1. The molecule has 1 unspecified atom stereocenters. The van der Waals surface area contributed by atoms with E-state index < -0.39 is 12.2 Å². The van der Waals surface area contributed by atoms with E-state index in [0.29, 0.717) is 37.2 Å². The summed E-state index contributed by atoms with van der Waals surface area (Å²) in [5.41, 5.74) is 1.62. The van der Waals surface area contributed by atoms with Crippen LogP contribution in [0.2, 0.25) is 0 Å². The molecular weight excluding hydrogens is 416 g/mol. The number of aliphatic hydroxyl groups is 2. The van der Waals surface area contributed by atoms with Crippen molar-refractivity contribution in [1.29, 1.82) is 0 Å². The Labute approximate surface area is 180 Å². The number of aliphatic hydroxyl groups excluding tert-OH is 2. The van der Waals surface area contributed by atoms with Crippen molar-refractivity contribution in [1.82, 2.24) is 5.32 Å². The standard InChI is InChI=1S/C22H25F2NO4.ClH/c23-15-3-7-19-13(9-15)1-5-21(28-19)17(26)11-25-12-18(27)22-6-2-14-10-16(24)4-8-20(14)29-22;/h3-4,7-10,17-18,21-22,25-27H,1-2,5-6,11-12H2;1H/t17-,18?,21+,22+;/m0./s1. The van der Waals surface area contributed by atoms with Crippen LogP contribution in [0.3, 0.4) is 0 Å². The van der Waals surface area contributed by atoms with Crippen molar-refractivity contribution in [2.75, 3.05) is 13.1 Å². The highest BCUT2D eigenvalue weighted by Crippen LogP contribution is 2.30. The Morgan fingerprint density at radius 2 is 1.27 bits per heavy atom. The average molecular weight is 442 g/mol. The minimum absolute atomic E-state index is 0. The summed E-state index contributed by atoms with van der Waals surface area (Å²) < 4.78 is 38.2. The van der Waals surface area contributed by atoms with Gasteiger partial charge in [-0.05, 0) is 73.2 Å². The molecule has 2 aliphatic heterocycles. The highest BCUT2D eigenvalue weighted by molar-refractivity contribution is 5.85. The first-order chi connectivity index (χ1) is 14.0. The van der Waals surface area contributed by atoms with Gasteiger partial charge in [0.25, 0.3) is 0 Å². The number of halogens is 3. The van der Waals surface area contributed by atoms with Crippen molar-refractivity contribution in [3.05, 3.63) is 59.2 Å². The molecule has 2 aromatic rings. The number of fused-ring (bicyclic) bond motifs is 2. The van der Waals surface area contributed by atoms with E-state index in [-0.39, 0.29) is 49.3 Å². The van der Waals surface area contributed by atoms with Gasteiger partial charge in [-0.15, -0.1) is 12.4 Å². The molecule has 0 spiro atoms. The molecular formula is C22H26ClF2NO4. The smallest absolute Gasteiger partial charge is 0.126 e. The molecule has 0 radical (unpaired) electrons. The van der Waals surface area contributed by atoms with Gasteiger partial charge in [0.1, 0.15) is 47.5 Å². The van der Waals surface area contributed by atoms with Gasteiger partial charge in [0.2, 0.25) is 0 Å². The van der Waals surface area contributed by atoms with Crippen molar-refractivity contribution in [2.24, 2.45) is 0 Å². The summed E-state index contributed by atoms with van der Waals surface area (Å²) in [4.78, 5) is 0. The summed E-state index contributed by atoms with van der Waals surface area (Å²) in [5, 5.41) is 23.9. The molecule has 0 saturated carbocycles. The molecule has 0 fully saturated rings. The molecule has 0 bridgehead atoms. The highest BCUT2D eigenvalue weighted by atomic mass is 35.5. The van der Waals surface area contributed by atoms with Gasteiger partial charge < -0.3 is 25.0 Å². The predicted molar refractivity (Wildman–Crippen MR) is 110 cm³/mol. The van der Waals surface area contributed by atoms with Crippen LogP contribution in [0.25, 0.3) is 0 Å². The van der Waals surface area contributed by atoms with Gasteiger partial charge in [-0.3, -0.25) is 0 Å². The molecule has 3 N–H and O–H groups in total. The lowest BCUT2D eigenvalue weighted by atomic mass is 9.98. The van der Waals surface area contributed by atoms with E-state index in [1.54, 1.807) is 12.1 Å². The highest BCUT2D eigenvalue weighted by Gasteiger charge is 2.29. The SMILES string of the molecule is Cl.OC(CNC[C@H](O)[C@H]1CCc2cc(F)ccc2O1)[C@H]1CCc2cc(F)ccc2O1. The van der Waals surface area contributed by atoms with Gasteiger partial charge in [0.05, 0.1) is 0 Å². The van der Waals surface area contributed by atoms with E-state index >= 15 is 0 Å². The lowest BCUT2D eigenvalue weighted by Gasteiger charge is -2.31. The Bertz CT molecular complexity index is 800. The summed E-state index contributed by atoms with van der Waals surface area (Å²) in [6, 6.07) is 8.79. The summed E-state index contributed by atoms with van der Waals surface area (Å²) in [6.07, 6.45) is 0.214. The van der Waals surface area contributed by atoms with Gasteiger partial charge in [0, 0.05) is 13.1 Å². The van der Waals surface area contributed by atoms with Crippen molar-refractivity contribution in [3.63, 3.8) is 0 Å². The monoisotopic (exact) mass is 441 g/mol. The topological polar surface area (TPSA) is 71.0 Å². The van der Waals surface area contributed by atoms with Crippen molar-refractivity contribution < 1.29 is 28.5 Å². The fourth-order valence-corrected chi connectivity index (χ4v) is 3.94. The molecule has 0 aromatic heterocycles. The summed E-state index contributed by atoms with van der Waals surface area (Å²) in [7, 11) is 0. The zero-order valence-corrected chi connectivity index (χ0v) is 17.2. The van der Waals surface area contributed by atoms with Gasteiger partial charge in [-0.25, -0.2) is 8.78 Å². The Morgan fingerprint density at radius 3 is 1.70 bits per heavy atom. The van der Waals surface area contributed by atoms with E-state index in [9.17, 15) is 19.0 Å². The Hall–Kier alpha value is -1.93. The molecule has 2 aliphatic rings. The van der Waals surface area contributed by atoms with Crippen LogP contribution in [0.15, 0.2) is 36.4 Å². The largest absolute Gasteiger partial charge is 0.487 e. The lowest BCUT2D eigenvalue weighted by molar-refractivity contribution is 0.00892. The molecule has 164 valence electrons. The third kappa shape index (κ3) is 5.21. The molecule has 4 atom stereocenters. The third-order valence-corrected chi connectivity index (χ3v) is 5.56. The molecule has 8 heteroatoms. The zero-order chi connectivity index (χ0) is 20.4. The first-order valence-electron chi connectivity index (χ1n) is 9.96. The van der Waals surface area contributed by atoms with Gasteiger partial charge >= 0.3 is 0 Å². The van der Waals surface area contributed by atoms with Crippen molar-refractivity contribution in [3.8, 4) is 11.5 Å². The summed E-state index contributed by atoms with van der Waals surface area (Å²) in [6.45, 7) is 0.513. The second kappa shape index (κ2) is 9.92. The molecule has 0 saturated heterocycles. The minimum atomic E-state index is -0.753. The van der Waals surface area contributed by atoms with Crippen LogP contribution in [-0.2, 0) is 12.8 Å². The van der Waals surface area contributed by atoms with Crippen molar-refractivity contribution >= 4 is 12.4 Å². The maximum atomic E-state index is 13.3. The van der Waals surface area contributed by atoms with Crippen LogP contribution in [0.5, 0.6) is 11.5 Å². The van der Waals surface area contributed by atoms with Crippen LogP contribution < -0.4 is 14.8 Å². The third-order valence-electron chi connectivity index (χ3n) is 5.56. The normalized spacial score (nSPS) is 21.9. The van der Waals surface area contributed by atoms with E-state index in [0.717, 1.165) is 11.1 Å². The van der Waals surface area contributed by atoms with E-state index in [4.69, 9.17) is 9.47 Å². The fourth-order valence-electron chi connectivity index (χ4n) is 3.94. The summed E-state index contributed by atoms with van der Waals surface area (Å²) in [5.74, 6) is 0.624. The van der Waals surface area contributed by atoms with Crippen LogP contribution in [0, 0.1) is 11.6 Å². The van der Waals surface area contributed by atoms with Crippen LogP contribution in [0.4, 0.5) is 8.78 Å². The van der Waals surface area contributed by atoms with E-state index in [2.05, 4.69) is 5.32 Å². The molecule has 5 nitrogen and oxygen atoms in total.